The van der Waals surface area contributed by atoms with Crippen LogP contribution in [0.2, 0.25) is 0 Å². The third kappa shape index (κ3) is 2.73. The number of nitrogens with zero attached hydrogens (tertiary/aromatic N) is 3. The molecular formula is C13H16N4O. The minimum atomic E-state index is 0.636. The maximum Gasteiger partial charge on any atom is 0.226 e. The van der Waals surface area contributed by atoms with Crippen molar-refractivity contribution in [3.05, 3.63) is 41.8 Å². The summed E-state index contributed by atoms with van der Waals surface area (Å²) < 4.78 is 5.29. The monoisotopic (exact) mass is 244 g/mol. The summed E-state index contributed by atoms with van der Waals surface area (Å²) in [5.74, 6) is 2.13. The zero-order chi connectivity index (χ0) is 12.2. The van der Waals surface area contributed by atoms with Gasteiger partial charge in [-0.15, -0.1) is 0 Å². The number of rotatable bonds is 4. The van der Waals surface area contributed by atoms with Gasteiger partial charge in [-0.05, 0) is 37.1 Å². The molecule has 1 unspecified atom stereocenters. The lowest BCUT2D eigenvalue weighted by Crippen LogP contribution is -2.10. The topological polar surface area (TPSA) is 63.8 Å². The molecule has 0 bridgehead atoms. The molecule has 2 aromatic heterocycles. The molecule has 1 aliphatic rings. The van der Waals surface area contributed by atoms with Gasteiger partial charge in [-0.1, -0.05) is 11.2 Å². The van der Waals surface area contributed by atoms with E-state index in [4.69, 9.17) is 4.52 Å². The van der Waals surface area contributed by atoms with Crippen molar-refractivity contribution >= 4 is 0 Å². The van der Waals surface area contributed by atoms with E-state index in [1.807, 2.05) is 18.3 Å². The molecule has 0 saturated carbocycles. The van der Waals surface area contributed by atoms with E-state index < -0.39 is 0 Å². The highest BCUT2D eigenvalue weighted by Crippen LogP contribution is 2.14. The predicted octanol–water partition coefficient (Wildman–Crippen LogP) is 1.21. The molecule has 18 heavy (non-hydrogen) atoms. The Morgan fingerprint density at radius 2 is 2.44 bits per heavy atom. The van der Waals surface area contributed by atoms with Gasteiger partial charge in [0.25, 0.3) is 0 Å². The zero-order valence-electron chi connectivity index (χ0n) is 10.2. The van der Waals surface area contributed by atoms with E-state index in [0.717, 1.165) is 36.8 Å². The van der Waals surface area contributed by atoms with Gasteiger partial charge >= 0.3 is 0 Å². The Hall–Kier alpha value is -1.75. The SMILES string of the molecule is c1cncc(Cc2noc(CC3CCNC3)n2)c1. The Balaban J connectivity index is 1.62. The zero-order valence-corrected chi connectivity index (χ0v) is 10.2. The van der Waals surface area contributed by atoms with Crippen LogP contribution in [0, 0.1) is 5.92 Å². The van der Waals surface area contributed by atoms with E-state index >= 15 is 0 Å². The minimum absolute atomic E-state index is 0.636. The lowest BCUT2D eigenvalue weighted by Gasteiger charge is -2.01. The van der Waals surface area contributed by atoms with Crippen LogP contribution in [0.3, 0.4) is 0 Å². The van der Waals surface area contributed by atoms with Gasteiger partial charge in [-0.25, -0.2) is 0 Å². The number of nitrogens with one attached hydrogen (secondary N) is 1. The first-order chi connectivity index (χ1) is 8.90. The van der Waals surface area contributed by atoms with Crippen molar-refractivity contribution in [2.24, 2.45) is 5.92 Å². The van der Waals surface area contributed by atoms with Gasteiger partial charge in [-0.2, -0.15) is 4.98 Å². The van der Waals surface area contributed by atoms with Crippen LogP contribution >= 0.6 is 0 Å². The van der Waals surface area contributed by atoms with Crippen LogP contribution in [0.1, 0.15) is 23.7 Å². The summed E-state index contributed by atoms with van der Waals surface area (Å²) in [6.45, 7) is 2.15. The Kier molecular flexibility index (Phi) is 3.32. The van der Waals surface area contributed by atoms with Crippen molar-refractivity contribution in [3.63, 3.8) is 0 Å². The summed E-state index contributed by atoms with van der Waals surface area (Å²) in [4.78, 5) is 8.51. The fraction of sp³-hybridized carbons (Fsp3) is 0.462. The number of hydrogen-bond acceptors (Lipinski definition) is 5. The molecule has 0 aromatic carbocycles. The molecule has 3 heterocycles. The minimum Gasteiger partial charge on any atom is -0.339 e. The van der Waals surface area contributed by atoms with E-state index in [0.29, 0.717) is 12.3 Å². The maximum atomic E-state index is 5.29. The lowest BCUT2D eigenvalue weighted by atomic mass is 10.1. The maximum absolute atomic E-state index is 5.29. The summed E-state index contributed by atoms with van der Waals surface area (Å²) in [7, 11) is 0. The molecular weight excluding hydrogens is 228 g/mol. The second-order valence-electron chi connectivity index (χ2n) is 4.71. The Bertz CT molecular complexity index is 491. The van der Waals surface area contributed by atoms with E-state index in [2.05, 4.69) is 20.4 Å². The van der Waals surface area contributed by atoms with Crippen molar-refractivity contribution in [1.29, 1.82) is 0 Å². The summed E-state index contributed by atoms with van der Waals surface area (Å²) in [6, 6.07) is 3.93. The standard InChI is InChI=1S/C13H16N4O/c1-2-10(8-14-4-1)6-12-16-13(18-17-12)7-11-3-5-15-9-11/h1-2,4,8,11,15H,3,5-7,9H2. The van der Waals surface area contributed by atoms with Crippen LogP contribution in [0.15, 0.2) is 29.0 Å². The van der Waals surface area contributed by atoms with Crippen LogP contribution in [0.5, 0.6) is 0 Å². The number of aromatic nitrogens is 3. The summed E-state index contributed by atoms with van der Waals surface area (Å²) >= 11 is 0. The molecule has 1 aliphatic heterocycles. The van der Waals surface area contributed by atoms with E-state index in [1.165, 1.54) is 6.42 Å². The van der Waals surface area contributed by atoms with Crippen LogP contribution in [-0.2, 0) is 12.8 Å². The lowest BCUT2D eigenvalue weighted by molar-refractivity contribution is 0.354. The van der Waals surface area contributed by atoms with Crippen molar-refractivity contribution in [2.45, 2.75) is 19.3 Å². The van der Waals surface area contributed by atoms with Crippen molar-refractivity contribution < 1.29 is 4.52 Å². The highest BCUT2D eigenvalue weighted by atomic mass is 16.5. The molecule has 94 valence electrons. The second-order valence-corrected chi connectivity index (χ2v) is 4.71. The second kappa shape index (κ2) is 5.27. The molecule has 5 heteroatoms. The van der Waals surface area contributed by atoms with Crippen LogP contribution < -0.4 is 5.32 Å². The Morgan fingerprint density at radius 3 is 3.22 bits per heavy atom. The number of pyridine rings is 1. The average molecular weight is 244 g/mol. The largest absolute Gasteiger partial charge is 0.339 e. The van der Waals surface area contributed by atoms with Crippen molar-refractivity contribution in [3.8, 4) is 0 Å². The van der Waals surface area contributed by atoms with Gasteiger partial charge < -0.3 is 9.84 Å². The molecule has 2 aromatic rings. The Morgan fingerprint density at radius 1 is 1.44 bits per heavy atom. The first kappa shape index (κ1) is 11.3. The summed E-state index contributed by atoms with van der Waals surface area (Å²) in [6.07, 6.45) is 6.35. The number of hydrogen-bond donors (Lipinski definition) is 1. The van der Waals surface area contributed by atoms with Crippen molar-refractivity contribution in [1.82, 2.24) is 20.4 Å². The van der Waals surface area contributed by atoms with Crippen LogP contribution in [-0.4, -0.2) is 28.2 Å². The fourth-order valence-corrected chi connectivity index (χ4v) is 2.27. The Labute approximate surface area is 106 Å². The molecule has 0 aliphatic carbocycles. The van der Waals surface area contributed by atoms with Crippen LogP contribution in [0.25, 0.3) is 0 Å². The molecule has 0 radical (unpaired) electrons. The van der Waals surface area contributed by atoms with Gasteiger partial charge in [0.05, 0.1) is 0 Å². The third-order valence-corrected chi connectivity index (χ3v) is 3.22. The van der Waals surface area contributed by atoms with Gasteiger partial charge in [0.2, 0.25) is 5.89 Å². The quantitative estimate of drug-likeness (QED) is 0.875. The summed E-state index contributed by atoms with van der Waals surface area (Å²) in [5, 5.41) is 7.36. The van der Waals surface area contributed by atoms with Gasteiger partial charge in [0.15, 0.2) is 5.82 Å². The average Bonchev–Trinajstić information content (AvgIpc) is 3.03. The van der Waals surface area contributed by atoms with E-state index in [9.17, 15) is 0 Å². The highest BCUT2D eigenvalue weighted by Gasteiger charge is 2.18. The highest BCUT2D eigenvalue weighted by molar-refractivity contribution is 5.13. The van der Waals surface area contributed by atoms with E-state index in [-0.39, 0.29) is 0 Å². The van der Waals surface area contributed by atoms with Crippen molar-refractivity contribution in [2.75, 3.05) is 13.1 Å². The molecule has 0 spiro atoms. The fourth-order valence-electron chi connectivity index (χ4n) is 2.27. The first-order valence-corrected chi connectivity index (χ1v) is 6.31. The van der Waals surface area contributed by atoms with Gasteiger partial charge in [0, 0.05) is 25.2 Å². The molecule has 0 amide bonds. The van der Waals surface area contributed by atoms with Gasteiger partial charge in [0.1, 0.15) is 0 Å². The van der Waals surface area contributed by atoms with Gasteiger partial charge in [-0.3, -0.25) is 4.98 Å². The molecule has 3 rings (SSSR count). The molecule has 1 N–H and O–H groups in total. The first-order valence-electron chi connectivity index (χ1n) is 6.31. The van der Waals surface area contributed by atoms with E-state index in [1.54, 1.807) is 6.20 Å². The predicted molar refractivity (Wildman–Crippen MR) is 66.0 cm³/mol. The van der Waals surface area contributed by atoms with Crippen LogP contribution in [0.4, 0.5) is 0 Å². The summed E-state index contributed by atoms with van der Waals surface area (Å²) in [5.41, 5.74) is 1.10. The molecule has 1 atom stereocenters. The third-order valence-electron chi connectivity index (χ3n) is 3.22. The normalized spacial score (nSPS) is 19.2. The molecule has 5 nitrogen and oxygen atoms in total. The smallest absolute Gasteiger partial charge is 0.226 e. The molecule has 1 fully saturated rings. The molecule has 1 saturated heterocycles.